The smallest absolute Gasteiger partial charge is 0.125 e. The molecule has 0 spiro atoms. The van der Waals surface area contributed by atoms with Gasteiger partial charge in [0.05, 0.1) is 7.11 Å². The predicted molar refractivity (Wildman–Crippen MR) is 77.5 cm³/mol. The van der Waals surface area contributed by atoms with Crippen LogP contribution in [-0.2, 0) is 6.42 Å². The Morgan fingerprint density at radius 3 is 2.63 bits per heavy atom. The molecule has 0 aliphatic heterocycles. The summed E-state index contributed by atoms with van der Waals surface area (Å²) >= 11 is 0. The van der Waals surface area contributed by atoms with Crippen LogP contribution in [-0.4, -0.2) is 12.2 Å². The summed E-state index contributed by atoms with van der Waals surface area (Å²) in [7, 11) is 1.62. The van der Waals surface area contributed by atoms with Gasteiger partial charge in [-0.05, 0) is 23.6 Å². The first-order chi connectivity index (χ1) is 9.26. The van der Waals surface area contributed by atoms with Crippen LogP contribution < -0.4 is 4.74 Å². The van der Waals surface area contributed by atoms with Gasteiger partial charge in [-0.1, -0.05) is 55.8 Å². The maximum atomic E-state index is 10.5. The van der Waals surface area contributed by atoms with Crippen LogP contribution >= 0.6 is 0 Å². The second-order valence-corrected chi connectivity index (χ2v) is 4.64. The van der Waals surface area contributed by atoms with Crippen molar-refractivity contribution in [1.29, 1.82) is 0 Å². The first-order valence-electron chi connectivity index (χ1n) is 6.66. The van der Waals surface area contributed by atoms with Crippen molar-refractivity contribution in [2.75, 3.05) is 7.11 Å². The fourth-order valence-corrected chi connectivity index (χ4v) is 2.28. The van der Waals surface area contributed by atoms with Gasteiger partial charge in [-0.2, -0.15) is 0 Å². The van der Waals surface area contributed by atoms with Gasteiger partial charge in [-0.25, -0.2) is 0 Å². The molecule has 2 nitrogen and oxygen atoms in total. The molecule has 0 saturated heterocycles. The van der Waals surface area contributed by atoms with E-state index < -0.39 is 6.10 Å². The van der Waals surface area contributed by atoms with E-state index in [1.54, 1.807) is 7.11 Å². The molecule has 2 aromatic rings. The summed E-state index contributed by atoms with van der Waals surface area (Å²) in [6, 6.07) is 15.7. The summed E-state index contributed by atoms with van der Waals surface area (Å²) in [5, 5.41) is 10.5. The summed E-state index contributed by atoms with van der Waals surface area (Å²) in [5.41, 5.74) is 2.98. The molecule has 0 heterocycles. The third kappa shape index (κ3) is 3.15. The lowest BCUT2D eigenvalue weighted by Crippen LogP contribution is -2.02. The van der Waals surface area contributed by atoms with E-state index in [0.717, 1.165) is 29.7 Å². The van der Waals surface area contributed by atoms with Crippen LogP contribution in [0.5, 0.6) is 5.75 Å². The highest BCUT2D eigenvalue weighted by molar-refractivity contribution is 5.41. The van der Waals surface area contributed by atoms with Crippen LogP contribution in [0.2, 0.25) is 0 Å². The first-order valence-corrected chi connectivity index (χ1v) is 6.66. The fourth-order valence-electron chi connectivity index (χ4n) is 2.28. The van der Waals surface area contributed by atoms with E-state index >= 15 is 0 Å². The number of hydrogen-bond acceptors (Lipinski definition) is 2. The molecule has 0 radical (unpaired) electrons. The van der Waals surface area contributed by atoms with E-state index in [1.165, 1.54) is 5.56 Å². The summed E-state index contributed by atoms with van der Waals surface area (Å²) in [6.45, 7) is 2.16. The number of hydrogen-bond donors (Lipinski definition) is 1. The molecule has 1 atom stereocenters. The van der Waals surface area contributed by atoms with Crippen molar-refractivity contribution in [3.63, 3.8) is 0 Å². The number of para-hydroxylation sites is 1. The Morgan fingerprint density at radius 1 is 1.11 bits per heavy atom. The van der Waals surface area contributed by atoms with E-state index in [4.69, 9.17) is 4.74 Å². The maximum absolute atomic E-state index is 10.5. The monoisotopic (exact) mass is 256 g/mol. The van der Waals surface area contributed by atoms with Gasteiger partial charge in [0.1, 0.15) is 11.9 Å². The zero-order valence-electron chi connectivity index (χ0n) is 11.5. The van der Waals surface area contributed by atoms with Gasteiger partial charge in [0, 0.05) is 5.56 Å². The number of aryl methyl sites for hydroxylation is 1. The van der Waals surface area contributed by atoms with E-state index in [0.29, 0.717) is 0 Å². The number of aliphatic hydroxyl groups excluding tert-OH is 1. The average molecular weight is 256 g/mol. The van der Waals surface area contributed by atoms with Gasteiger partial charge in [0.25, 0.3) is 0 Å². The highest BCUT2D eigenvalue weighted by Crippen LogP contribution is 2.30. The first kappa shape index (κ1) is 13.6. The van der Waals surface area contributed by atoms with Crippen molar-refractivity contribution in [2.45, 2.75) is 25.9 Å². The number of ether oxygens (including phenoxy) is 1. The summed E-state index contributed by atoms with van der Waals surface area (Å²) in [4.78, 5) is 0. The van der Waals surface area contributed by atoms with Crippen molar-refractivity contribution in [3.05, 3.63) is 65.2 Å². The van der Waals surface area contributed by atoms with Crippen LogP contribution in [0.1, 0.15) is 36.1 Å². The van der Waals surface area contributed by atoms with E-state index in [1.807, 2.05) is 36.4 Å². The molecule has 1 unspecified atom stereocenters. The number of methoxy groups -OCH3 is 1. The Morgan fingerprint density at radius 2 is 1.89 bits per heavy atom. The quantitative estimate of drug-likeness (QED) is 0.883. The van der Waals surface area contributed by atoms with Crippen molar-refractivity contribution >= 4 is 0 Å². The lowest BCUT2D eigenvalue weighted by molar-refractivity contribution is 0.214. The van der Waals surface area contributed by atoms with Crippen LogP contribution in [0, 0.1) is 0 Å². The topological polar surface area (TPSA) is 29.5 Å². The zero-order chi connectivity index (χ0) is 13.7. The third-order valence-electron chi connectivity index (χ3n) is 3.24. The Bertz CT molecular complexity index is 534. The Labute approximate surface area is 114 Å². The molecule has 19 heavy (non-hydrogen) atoms. The summed E-state index contributed by atoms with van der Waals surface area (Å²) in [5.74, 6) is 0.718. The molecule has 2 rings (SSSR count). The van der Waals surface area contributed by atoms with E-state index in [2.05, 4.69) is 19.1 Å². The van der Waals surface area contributed by atoms with Crippen LogP contribution in [0.25, 0.3) is 0 Å². The molecule has 1 N–H and O–H groups in total. The molecule has 0 fully saturated rings. The molecular weight excluding hydrogens is 236 g/mol. The Kier molecular flexibility index (Phi) is 4.58. The summed E-state index contributed by atoms with van der Waals surface area (Å²) in [6.07, 6.45) is 1.49. The van der Waals surface area contributed by atoms with Gasteiger partial charge in [0.15, 0.2) is 0 Å². The zero-order valence-corrected chi connectivity index (χ0v) is 11.5. The number of aliphatic hydroxyl groups is 1. The highest BCUT2D eigenvalue weighted by atomic mass is 16.5. The molecule has 2 aromatic carbocycles. The second kappa shape index (κ2) is 6.39. The molecule has 0 amide bonds. The molecule has 0 aromatic heterocycles. The van der Waals surface area contributed by atoms with Crippen molar-refractivity contribution in [1.82, 2.24) is 0 Å². The third-order valence-corrected chi connectivity index (χ3v) is 3.24. The van der Waals surface area contributed by atoms with Gasteiger partial charge in [0.2, 0.25) is 0 Å². The standard InChI is InChI=1S/C17H20O2/c1-3-7-13-8-6-9-14(12-13)17(18)15-10-4-5-11-16(15)19-2/h4-6,8-12,17-18H,3,7H2,1-2H3. The van der Waals surface area contributed by atoms with Gasteiger partial charge < -0.3 is 9.84 Å². The SMILES string of the molecule is CCCc1cccc(C(O)c2ccccc2OC)c1. The number of rotatable bonds is 5. The molecule has 0 aliphatic carbocycles. The molecule has 100 valence electrons. The van der Waals surface area contributed by atoms with Crippen LogP contribution in [0.15, 0.2) is 48.5 Å². The van der Waals surface area contributed by atoms with Gasteiger partial charge >= 0.3 is 0 Å². The molecule has 0 aliphatic rings. The summed E-state index contributed by atoms with van der Waals surface area (Å²) < 4.78 is 5.31. The maximum Gasteiger partial charge on any atom is 0.125 e. The van der Waals surface area contributed by atoms with Gasteiger partial charge in [-0.3, -0.25) is 0 Å². The highest BCUT2D eigenvalue weighted by Gasteiger charge is 2.14. The lowest BCUT2D eigenvalue weighted by Gasteiger charge is -2.15. The molecule has 0 saturated carbocycles. The molecule has 2 heteroatoms. The van der Waals surface area contributed by atoms with Crippen LogP contribution in [0.3, 0.4) is 0 Å². The molecule has 0 bridgehead atoms. The van der Waals surface area contributed by atoms with E-state index in [-0.39, 0.29) is 0 Å². The average Bonchev–Trinajstić information content (AvgIpc) is 2.47. The van der Waals surface area contributed by atoms with Crippen molar-refractivity contribution in [2.24, 2.45) is 0 Å². The predicted octanol–water partition coefficient (Wildman–Crippen LogP) is 3.73. The van der Waals surface area contributed by atoms with Crippen molar-refractivity contribution in [3.8, 4) is 5.75 Å². The Balaban J connectivity index is 2.32. The Hall–Kier alpha value is -1.80. The lowest BCUT2D eigenvalue weighted by atomic mass is 9.98. The second-order valence-electron chi connectivity index (χ2n) is 4.64. The fraction of sp³-hybridized carbons (Fsp3) is 0.294. The minimum absolute atomic E-state index is 0.645. The minimum Gasteiger partial charge on any atom is -0.496 e. The largest absolute Gasteiger partial charge is 0.496 e. The van der Waals surface area contributed by atoms with Crippen molar-refractivity contribution < 1.29 is 9.84 Å². The van der Waals surface area contributed by atoms with Gasteiger partial charge in [-0.15, -0.1) is 0 Å². The molecular formula is C17H20O2. The van der Waals surface area contributed by atoms with E-state index in [9.17, 15) is 5.11 Å². The minimum atomic E-state index is -0.645. The number of benzene rings is 2. The van der Waals surface area contributed by atoms with Crippen LogP contribution in [0.4, 0.5) is 0 Å². The normalized spacial score (nSPS) is 12.2.